The number of aliphatic imine (C=N–C) groups is 1. The van der Waals surface area contributed by atoms with Crippen LogP contribution in [0.4, 0.5) is 5.69 Å². The predicted molar refractivity (Wildman–Crippen MR) is 112 cm³/mol. The molecule has 9 heteroatoms. The molecule has 25 heavy (non-hydrogen) atoms. The Bertz CT molecular complexity index is 562. The second kappa shape index (κ2) is 11.4. The van der Waals surface area contributed by atoms with Crippen molar-refractivity contribution in [1.29, 1.82) is 0 Å². The number of piperazine rings is 1. The number of ether oxygens (including phenoxy) is 1. The van der Waals surface area contributed by atoms with E-state index in [1.807, 2.05) is 29.2 Å². The molecule has 0 saturated carbocycles. The number of nitrogens with one attached hydrogen (secondary N) is 1. The summed E-state index contributed by atoms with van der Waals surface area (Å²) in [7, 11) is 1.61. The molecule has 1 heterocycles. The lowest BCUT2D eigenvalue weighted by molar-refractivity contribution is -0.129. The first-order valence-electron chi connectivity index (χ1n) is 7.91. The van der Waals surface area contributed by atoms with Crippen molar-refractivity contribution < 1.29 is 9.53 Å². The molecule has 1 amide bonds. The number of anilines is 1. The van der Waals surface area contributed by atoms with E-state index < -0.39 is 0 Å². The SMILES string of the molecule is COCCNC(N)=NCC(=O)N1CCN(c2ccc(Cl)cc2)CC1.I. The highest BCUT2D eigenvalue weighted by atomic mass is 127. The molecule has 2 rings (SSSR count). The Morgan fingerprint density at radius 1 is 1.28 bits per heavy atom. The summed E-state index contributed by atoms with van der Waals surface area (Å²) in [6, 6.07) is 7.75. The zero-order valence-electron chi connectivity index (χ0n) is 14.3. The molecule has 1 aromatic rings. The van der Waals surface area contributed by atoms with Crippen molar-refractivity contribution in [1.82, 2.24) is 10.2 Å². The van der Waals surface area contributed by atoms with Crippen molar-refractivity contribution in [3.63, 3.8) is 0 Å². The number of nitrogens with zero attached hydrogens (tertiary/aromatic N) is 3. The van der Waals surface area contributed by atoms with Crippen molar-refractivity contribution in [3.8, 4) is 0 Å². The molecule has 0 aliphatic carbocycles. The van der Waals surface area contributed by atoms with Crippen LogP contribution in [-0.4, -0.2) is 69.8 Å². The standard InChI is InChI=1S/C16H24ClN5O2.HI/c1-24-11-6-19-16(18)20-12-15(23)22-9-7-21(8-10-22)14-4-2-13(17)3-5-14;/h2-5H,6-12H2,1H3,(H3,18,19,20);1H. The van der Waals surface area contributed by atoms with Gasteiger partial charge < -0.3 is 25.6 Å². The van der Waals surface area contributed by atoms with Gasteiger partial charge in [-0.25, -0.2) is 4.99 Å². The van der Waals surface area contributed by atoms with Crippen molar-refractivity contribution in [2.45, 2.75) is 0 Å². The first kappa shape index (κ1) is 21.8. The number of carbonyl (C=O) groups excluding carboxylic acids is 1. The Balaban J connectivity index is 0.00000312. The Hall–Kier alpha value is -1.26. The largest absolute Gasteiger partial charge is 0.383 e. The molecule has 0 aromatic heterocycles. The summed E-state index contributed by atoms with van der Waals surface area (Å²) in [4.78, 5) is 20.3. The molecule has 140 valence electrons. The molecule has 1 aliphatic rings. The number of guanidine groups is 1. The van der Waals surface area contributed by atoms with Gasteiger partial charge in [-0.15, -0.1) is 24.0 Å². The first-order chi connectivity index (χ1) is 11.6. The van der Waals surface area contributed by atoms with E-state index in [0.717, 1.165) is 23.8 Å². The molecule has 1 saturated heterocycles. The number of hydrogen-bond donors (Lipinski definition) is 2. The number of methoxy groups -OCH3 is 1. The molecular formula is C16H25ClIN5O2. The maximum absolute atomic E-state index is 12.2. The summed E-state index contributed by atoms with van der Waals surface area (Å²) < 4.78 is 4.91. The third-order valence-corrected chi connectivity index (χ3v) is 4.07. The van der Waals surface area contributed by atoms with Crippen LogP contribution in [0.5, 0.6) is 0 Å². The molecular weight excluding hydrogens is 457 g/mol. The Labute approximate surface area is 170 Å². The van der Waals surface area contributed by atoms with E-state index in [1.165, 1.54) is 0 Å². The van der Waals surface area contributed by atoms with Gasteiger partial charge in [0.2, 0.25) is 5.91 Å². The van der Waals surface area contributed by atoms with Gasteiger partial charge in [0.05, 0.1) is 6.61 Å². The number of amides is 1. The zero-order valence-corrected chi connectivity index (χ0v) is 17.4. The Morgan fingerprint density at radius 2 is 1.92 bits per heavy atom. The van der Waals surface area contributed by atoms with Crippen LogP contribution in [0, 0.1) is 0 Å². The maximum atomic E-state index is 12.2. The fraction of sp³-hybridized carbons (Fsp3) is 0.500. The summed E-state index contributed by atoms with van der Waals surface area (Å²) in [6.45, 7) is 4.10. The van der Waals surface area contributed by atoms with Gasteiger partial charge >= 0.3 is 0 Å². The van der Waals surface area contributed by atoms with Gasteiger partial charge in [-0.2, -0.15) is 0 Å². The fourth-order valence-electron chi connectivity index (χ4n) is 2.46. The third kappa shape index (κ3) is 7.25. The summed E-state index contributed by atoms with van der Waals surface area (Å²) in [5, 5.41) is 3.61. The fourth-order valence-corrected chi connectivity index (χ4v) is 2.58. The molecule has 1 fully saturated rings. The molecule has 7 nitrogen and oxygen atoms in total. The molecule has 0 radical (unpaired) electrons. The highest BCUT2D eigenvalue weighted by Gasteiger charge is 2.20. The topological polar surface area (TPSA) is 83.2 Å². The van der Waals surface area contributed by atoms with E-state index in [1.54, 1.807) is 7.11 Å². The van der Waals surface area contributed by atoms with Gasteiger partial charge in [0.15, 0.2) is 5.96 Å². The Morgan fingerprint density at radius 3 is 2.52 bits per heavy atom. The molecule has 0 bridgehead atoms. The van der Waals surface area contributed by atoms with Gasteiger partial charge in [0, 0.05) is 50.5 Å². The second-order valence-corrected chi connectivity index (χ2v) is 5.90. The van der Waals surface area contributed by atoms with Crippen molar-refractivity contribution >= 4 is 53.1 Å². The van der Waals surface area contributed by atoms with Gasteiger partial charge in [0.1, 0.15) is 6.54 Å². The van der Waals surface area contributed by atoms with Gasteiger partial charge in [-0.1, -0.05) is 11.6 Å². The number of halogens is 2. The zero-order chi connectivity index (χ0) is 17.4. The monoisotopic (exact) mass is 481 g/mol. The van der Waals surface area contributed by atoms with Gasteiger partial charge in [0.25, 0.3) is 0 Å². The highest BCUT2D eigenvalue weighted by molar-refractivity contribution is 14.0. The van der Waals surface area contributed by atoms with Crippen LogP contribution in [0.15, 0.2) is 29.3 Å². The van der Waals surface area contributed by atoms with Gasteiger partial charge in [-0.05, 0) is 24.3 Å². The minimum atomic E-state index is -0.0118. The molecule has 1 aromatic carbocycles. The van der Waals surface area contributed by atoms with E-state index in [0.29, 0.717) is 26.2 Å². The summed E-state index contributed by atoms with van der Waals surface area (Å²) >= 11 is 5.91. The Kier molecular flexibility index (Phi) is 9.91. The summed E-state index contributed by atoms with van der Waals surface area (Å²) in [5.41, 5.74) is 6.82. The molecule has 0 atom stereocenters. The molecule has 0 unspecified atom stereocenters. The van der Waals surface area contributed by atoms with E-state index in [2.05, 4.69) is 15.2 Å². The van der Waals surface area contributed by atoms with Crippen molar-refractivity contribution in [3.05, 3.63) is 29.3 Å². The lowest BCUT2D eigenvalue weighted by Gasteiger charge is -2.36. The van der Waals surface area contributed by atoms with Crippen molar-refractivity contribution in [2.75, 3.05) is 57.9 Å². The average molecular weight is 482 g/mol. The van der Waals surface area contributed by atoms with E-state index >= 15 is 0 Å². The minimum absolute atomic E-state index is 0. The van der Waals surface area contributed by atoms with Crippen molar-refractivity contribution in [2.24, 2.45) is 10.7 Å². The predicted octanol–water partition coefficient (Wildman–Crippen LogP) is 1.16. The lowest BCUT2D eigenvalue weighted by Crippen LogP contribution is -2.49. The number of nitrogens with two attached hydrogens (primary N) is 1. The van der Waals surface area contributed by atoms with E-state index in [4.69, 9.17) is 22.1 Å². The third-order valence-electron chi connectivity index (χ3n) is 3.82. The van der Waals surface area contributed by atoms with Crippen LogP contribution in [0.25, 0.3) is 0 Å². The highest BCUT2D eigenvalue weighted by Crippen LogP contribution is 2.19. The molecule has 1 aliphatic heterocycles. The normalized spacial score (nSPS) is 14.9. The molecule has 3 N–H and O–H groups in total. The quantitative estimate of drug-likeness (QED) is 0.276. The van der Waals surface area contributed by atoms with Gasteiger partial charge in [-0.3, -0.25) is 4.79 Å². The maximum Gasteiger partial charge on any atom is 0.244 e. The van der Waals surface area contributed by atoms with Crippen LogP contribution in [0.2, 0.25) is 5.02 Å². The number of hydrogen-bond acceptors (Lipinski definition) is 4. The molecule has 0 spiro atoms. The van der Waals surface area contributed by atoms with E-state index in [-0.39, 0.29) is 42.4 Å². The van der Waals surface area contributed by atoms with E-state index in [9.17, 15) is 4.79 Å². The summed E-state index contributed by atoms with van der Waals surface area (Å²) in [5.74, 6) is 0.252. The summed E-state index contributed by atoms with van der Waals surface area (Å²) in [6.07, 6.45) is 0. The average Bonchev–Trinajstić information content (AvgIpc) is 2.61. The van der Waals surface area contributed by atoms with Crippen LogP contribution in [0.3, 0.4) is 0 Å². The number of benzene rings is 1. The lowest BCUT2D eigenvalue weighted by atomic mass is 10.2. The number of carbonyl (C=O) groups is 1. The van der Waals surface area contributed by atoms with Crippen LogP contribution < -0.4 is 16.0 Å². The number of rotatable bonds is 6. The first-order valence-corrected chi connectivity index (χ1v) is 8.29. The van der Waals surface area contributed by atoms with Crippen LogP contribution in [0.1, 0.15) is 0 Å². The second-order valence-electron chi connectivity index (χ2n) is 5.47. The smallest absolute Gasteiger partial charge is 0.244 e. The minimum Gasteiger partial charge on any atom is -0.383 e. The van der Waals surface area contributed by atoms with Crippen LogP contribution >= 0.6 is 35.6 Å². The van der Waals surface area contributed by atoms with Crippen LogP contribution in [-0.2, 0) is 9.53 Å².